The Bertz CT molecular complexity index is 516. The van der Waals surface area contributed by atoms with Gasteiger partial charge in [0.1, 0.15) is 17.0 Å². The number of imidazole rings is 1. The molecule has 14 heavy (non-hydrogen) atoms. The van der Waals surface area contributed by atoms with E-state index in [4.69, 9.17) is 5.11 Å². The molecule has 0 amide bonds. The van der Waals surface area contributed by atoms with Crippen LogP contribution in [0.25, 0.3) is 5.65 Å². The maximum atomic E-state index is 10.8. The highest BCUT2D eigenvalue weighted by Crippen LogP contribution is 2.20. The zero-order valence-corrected chi connectivity index (χ0v) is 7.43. The third kappa shape index (κ3) is 1.02. The average molecular weight is 192 g/mol. The van der Waals surface area contributed by atoms with Crippen molar-refractivity contribution in [2.75, 3.05) is 0 Å². The van der Waals surface area contributed by atoms with Crippen molar-refractivity contribution >= 4 is 11.6 Å². The largest absolute Gasteiger partial charge is 0.493 e. The quantitative estimate of drug-likeness (QED) is 0.708. The third-order valence-corrected chi connectivity index (χ3v) is 2.01. The highest BCUT2D eigenvalue weighted by atomic mass is 16.4. The minimum absolute atomic E-state index is 0.000556. The molecule has 2 heterocycles. The number of hydrogen-bond acceptors (Lipinski definition) is 3. The standard InChI is InChI=1S/C9H8N2O3/c1-5-8(12)11-6(9(13)14)3-2-4-7(11)10-5/h2-4,12H,1H3,(H,13,14). The molecule has 2 aromatic rings. The van der Waals surface area contributed by atoms with Crippen LogP contribution in [-0.4, -0.2) is 25.6 Å². The highest BCUT2D eigenvalue weighted by Gasteiger charge is 2.14. The predicted molar refractivity (Wildman–Crippen MR) is 48.6 cm³/mol. The van der Waals surface area contributed by atoms with Crippen molar-refractivity contribution in [1.29, 1.82) is 0 Å². The summed E-state index contributed by atoms with van der Waals surface area (Å²) >= 11 is 0. The van der Waals surface area contributed by atoms with E-state index in [2.05, 4.69) is 4.98 Å². The van der Waals surface area contributed by atoms with Gasteiger partial charge in [-0.25, -0.2) is 9.78 Å². The fourth-order valence-corrected chi connectivity index (χ4v) is 1.36. The molecule has 5 nitrogen and oxygen atoms in total. The molecule has 0 spiro atoms. The van der Waals surface area contributed by atoms with E-state index >= 15 is 0 Å². The van der Waals surface area contributed by atoms with Crippen LogP contribution in [0.1, 0.15) is 16.2 Å². The van der Waals surface area contributed by atoms with Gasteiger partial charge in [-0.2, -0.15) is 0 Å². The summed E-state index contributed by atoms with van der Waals surface area (Å²) in [5.41, 5.74) is 0.846. The zero-order valence-electron chi connectivity index (χ0n) is 7.43. The normalized spacial score (nSPS) is 10.6. The first kappa shape index (κ1) is 8.55. The summed E-state index contributed by atoms with van der Waals surface area (Å²) in [5, 5.41) is 18.4. The van der Waals surface area contributed by atoms with Crippen LogP contribution in [0.2, 0.25) is 0 Å². The number of fused-ring (bicyclic) bond motifs is 1. The Morgan fingerprint density at radius 3 is 2.86 bits per heavy atom. The van der Waals surface area contributed by atoms with Gasteiger partial charge in [0, 0.05) is 0 Å². The molecule has 0 aromatic carbocycles. The van der Waals surface area contributed by atoms with Crippen molar-refractivity contribution in [2.45, 2.75) is 6.92 Å². The van der Waals surface area contributed by atoms with Crippen LogP contribution < -0.4 is 0 Å². The second-order valence-electron chi connectivity index (χ2n) is 2.93. The lowest BCUT2D eigenvalue weighted by Crippen LogP contribution is -2.04. The molecule has 0 saturated carbocycles. The summed E-state index contributed by atoms with van der Waals surface area (Å²) < 4.78 is 1.21. The predicted octanol–water partition coefficient (Wildman–Crippen LogP) is 1.05. The zero-order chi connectivity index (χ0) is 10.3. The Morgan fingerprint density at radius 2 is 2.21 bits per heavy atom. The number of aromatic carboxylic acids is 1. The number of pyridine rings is 1. The lowest BCUT2D eigenvalue weighted by atomic mass is 10.3. The van der Waals surface area contributed by atoms with E-state index in [0.29, 0.717) is 11.3 Å². The van der Waals surface area contributed by atoms with Gasteiger partial charge in [0.2, 0.25) is 5.88 Å². The molecule has 0 aliphatic carbocycles. The number of nitrogens with zero attached hydrogens (tertiary/aromatic N) is 2. The van der Waals surface area contributed by atoms with Gasteiger partial charge in [-0.15, -0.1) is 0 Å². The lowest BCUT2D eigenvalue weighted by molar-refractivity contribution is 0.0687. The number of carboxylic acids is 1. The van der Waals surface area contributed by atoms with Crippen molar-refractivity contribution in [3.05, 3.63) is 29.6 Å². The van der Waals surface area contributed by atoms with Crippen molar-refractivity contribution < 1.29 is 15.0 Å². The molecule has 0 saturated heterocycles. The number of aromatic hydroxyl groups is 1. The molecule has 72 valence electrons. The first-order valence-electron chi connectivity index (χ1n) is 4.01. The van der Waals surface area contributed by atoms with Crippen LogP contribution in [0.15, 0.2) is 18.2 Å². The van der Waals surface area contributed by atoms with Gasteiger partial charge < -0.3 is 10.2 Å². The molecule has 0 radical (unpaired) electrons. The number of carboxylic acid groups (broad SMARTS) is 1. The van der Waals surface area contributed by atoms with Gasteiger partial charge in [-0.3, -0.25) is 4.40 Å². The second-order valence-corrected chi connectivity index (χ2v) is 2.93. The van der Waals surface area contributed by atoms with E-state index in [1.165, 1.54) is 10.5 Å². The lowest BCUT2D eigenvalue weighted by Gasteiger charge is -2.00. The van der Waals surface area contributed by atoms with Crippen LogP contribution in [0.4, 0.5) is 0 Å². The van der Waals surface area contributed by atoms with E-state index in [9.17, 15) is 9.90 Å². The Labute approximate surface area is 79.2 Å². The van der Waals surface area contributed by atoms with E-state index < -0.39 is 5.97 Å². The summed E-state index contributed by atoms with van der Waals surface area (Å²) in [4.78, 5) is 14.8. The number of aryl methyl sites for hydroxylation is 1. The Hall–Kier alpha value is -2.04. The number of rotatable bonds is 1. The molecular weight excluding hydrogens is 184 g/mol. The van der Waals surface area contributed by atoms with Crippen LogP contribution >= 0.6 is 0 Å². The van der Waals surface area contributed by atoms with E-state index in [1.54, 1.807) is 19.1 Å². The smallest absolute Gasteiger partial charge is 0.353 e. The van der Waals surface area contributed by atoms with Gasteiger partial charge in [0.15, 0.2) is 0 Å². The fraction of sp³-hybridized carbons (Fsp3) is 0.111. The molecule has 0 atom stereocenters. The molecule has 0 bridgehead atoms. The minimum Gasteiger partial charge on any atom is -0.493 e. The first-order chi connectivity index (χ1) is 6.61. The molecule has 2 rings (SSSR count). The highest BCUT2D eigenvalue weighted by molar-refractivity contribution is 5.87. The summed E-state index contributed by atoms with van der Waals surface area (Å²) in [6, 6.07) is 4.64. The van der Waals surface area contributed by atoms with Crippen LogP contribution in [0, 0.1) is 6.92 Å². The van der Waals surface area contributed by atoms with Gasteiger partial charge in [-0.05, 0) is 19.1 Å². The molecule has 2 N–H and O–H groups in total. The monoisotopic (exact) mass is 192 g/mol. The number of hydrogen-bond donors (Lipinski definition) is 2. The van der Waals surface area contributed by atoms with Crippen LogP contribution in [0.5, 0.6) is 5.88 Å². The maximum absolute atomic E-state index is 10.8. The Kier molecular flexibility index (Phi) is 1.67. The molecule has 0 unspecified atom stereocenters. The van der Waals surface area contributed by atoms with Crippen molar-refractivity contribution in [3.8, 4) is 5.88 Å². The SMILES string of the molecule is Cc1nc2cccc(C(=O)O)n2c1O. The number of carbonyl (C=O) groups is 1. The maximum Gasteiger partial charge on any atom is 0.353 e. The molecule has 0 fully saturated rings. The Morgan fingerprint density at radius 1 is 1.50 bits per heavy atom. The molecule has 0 aliphatic heterocycles. The Balaban J connectivity index is 2.91. The summed E-state index contributed by atoms with van der Waals surface area (Å²) in [7, 11) is 0. The van der Waals surface area contributed by atoms with Crippen molar-refractivity contribution in [3.63, 3.8) is 0 Å². The van der Waals surface area contributed by atoms with Gasteiger partial charge >= 0.3 is 5.97 Å². The molecule has 0 aliphatic rings. The van der Waals surface area contributed by atoms with E-state index in [0.717, 1.165) is 0 Å². The van der Waals surface area contributed by atoms with Crippen molar-refractivity contribution in [1.82, 2.24) is 9.38 Å². The fourth-order valence-electron chi connectivity index (χ4n) is 1.36. The topological polar surface area (TPSA) is 74.8 Å². The first-order valence-corrected chi connectivity index (χ1v) is 4.01. The molecule has 2 aromatic heterocycles. The third-order valence-electron chi connectivity index (χ3n) is 2.01. The van der Waals surface area contributed by atoms with Gasteiger partial charge in [-0.1, -0.05) is 6.07 Å². The summed E-state index contributed by atoms with van der Waals surface area (Å²) in [6.45, 7) is 1.62. The second kappa shape index (κ2) is 2.73. The molecular formula is C9H8N2O3. The van der Waals surface area contributed by atoms with Crippen molar-refractivity contribution in [2.24, 2.45) is 0 Å². The van der Waals surface area contributed by atoms with Crippen LogP contribution in [-0.2, 0) is 0 Å². The summed E-state index contributed by atoms with van der Waals surface area (Å²) in [5.74, 6) is -1.22. The molecule has 5 heteroatoms. The summed E-state index contributed by atoms with van der Waals surface area (Å²) in [6.07, 6.45) is 0. The number of aromatic nitrogens is 2. The van der Waals surface area contributed by atoms with Crippen LogP contribution in [0.3, 0.4) is 0 Å². The van der Waals surface area contributed by atoms with Gasteiger partial charge in [0.05, 0.1) is 0 Å². The van der Waals surface area contributed by atoms with Gasteiger partial charge in [0.25, 0.3) is 0 Å². The average Bonchev–Trinajstić information content (AvgIpc) is 2.43. The van der Waals surface area contributed by atoms with E-state index in [-0.39, 0.29) is 11.6 Å². The van der Waals surface area contributed by atoms with E-state index in [1.807, 2.05) is 0 Å². The minimum atomic E-state index is -1.09.